The van der Waals surface area contributed by atoms with Crippen LogP contribution in [0, 0.1) is 5.82 Å². The first-order valence-electron chi connectivity index (χ1n) is 12.1. The molecule has 1 aliphatic heterocycles. The van der Waals surface area contributed by atoms with E-state index in [-0.39, 0.29) is 5.82 Å². The second-order valence-corrected chi connectivity index (χ2v) is 9.02. The SMILES string of the molecule is Fc1ccc2ccn(CCCCN3CCN(C(c4ccccc4)c4ccccc4)CC3)c2c1. The summed E-state index contributed by atoms with van der Waals surface area (Å²) in [6, 6.07) is 29.2. The van der Waals surface area contributed by atoms with E-state index < -0.39 is 0 Å². The van der Waals surface area contributed by atoms with Gasteiger partial charge in [0.05, 0.1) is 11.6 Å². The van der Waals surface area contributed by atoms with Crippen LogP contribution in [0.4, 0.5) is 4.39 Å². The second-order valence-electron chi connectivity index (χ2n) is 9.02. The van der Waals surface area contributed by atoms with E-state index in [1.54, 1.807) is 6.07 Å². The molecular weight excluding hydrogens is 409 g/mol. The molecule has 0 bridgehead atoms. The summed E-state index contributed by atoms with van der Waals surface area (Å²) >= 11 is 0. The molecule has 0 N–H and O–H groups in total. The van der Waals surface area contributed by atoms with E-state index in [1.165, 1.54) is 17.2 Å². The van der Waals surface area contributed by atoms with Crippen molar-refractivity contribution in [2.75, 3.05) is 32.7 Å². The summed E-state index contributed by atoms with van der Waals surface area (Å²) in [6.07, 6.45) is 4.35. The first kappa shape index (κ1) is 21.9. The third kappa shape index (κ3) is 5.18. The van der Waals surface area contributed by atoms with Gasteiger partial charge in [-0.25, -0.2) is 4.39 Å². The molecule has 1 aliphatic rings. The number of benzene rings is 3. The highest BCUT2D eigenvalue weighted by Gasteiger charge is 2.26. The van der Waals surface area contributed by atoms with Crippen molar-refractivity contribution in [1.82, 2.24) is 14.4 Å². The van der Waals surface area contributed by atoms with E-state index in [2.05, 4.69) is 87.3 Å². The average Bonchev–Trinajstić information content (AvgIpc) is 3.26. The van der Waals surface area contributed by atoms with E-state index in [0.29, 0.717) is 6.04 Å². The third-order valence-electron chi connectivity index (χ3n) is 6.86. The van der Waals surface area contributed by atoms with Gasteiger partial charge in [-0.15, -0.1) is 0 Å². The normalized spacial score (nSPS) is 15.5. The number of rotatable bonds is 8. The monoisotopic (exact) mass is 441 g/mol. The van der Waals surface area contributed by atoms with Crippen LogP contribution in [0.1, 0.15) is 30.0 Å². The largest absolute Gasteiger partial charge is 0.347 e. The predicted molar refractivity (Wildman–Crippen MR) is 134 cm³/mol. The fourth-order valence-corrected chi connectivity index (χ4v) is 5.10. The molecule has 2 heterocycles. The number of unbranched alkanes of at least 4 members (excludes halogenated alkanes) is 1. The molecule has 3 nitrogen and oxygen atoms in total. The van der Waals surface area contributed by atoms with Crippen molar-refractivity contribution in [2.24, 2.45) is 0 Å². The summed E-state index contributed by atoms with van der Waals surface area (Å²) in [5.41, 5.74) is 3.73. The predicted octanol–water partition coefficient (Wildman–Crippen LogP) is 5.97. The van der Waals surface area contributed by atoms with Crippen LogP contribution in [-0.4, -0.2) is 47.1 Å². The summed E-state index contributed by atoms with van der Waals surface area (Å²) in [5.74, 6) is -0.162. The molecule has 1 aromatic heterocycles. The Morgan fingerprint density at radius 3 is 2.00 bits per heavy atom. The molecule has 5 rings (SSSR count). The van der Waals surface area contributed by atoms with Crippen LogP contribution in [-0.2, 0) is 6.54 Å². The number of aromatic nitrogens is 1. The van der Waals surface area contributed by atoms with Gasteiger partial charge in [0.15, 0.2) is 0 Å². The minimum atomic E-state index is -0.162. The van der Waals surface area contributed by atoms with Crippen molar-refractivity contribution < 1.29 is 4.39 Å². The summed E-state index contributed by atoms with van der Waals surface area (Å²) in [5, 5.41) is 1.11. The molecule has 0 spiro atoms. The van der Waals surface area contributed by atoms with Crippen LogP contribution in [0.5, 0.6) is 0 Å². The number of nitrogens with zero attached hydrogens (tertiary/aromatic N) is 3. The highest BCUT2D eigenvalue weighted by Crippen LogP contribution is 2.29. The zero-order valence-electron chi connectivity index (χ0n) is 19.1. The highest BCUT2D eigenvalue weighted by molar-refractivity contribution is 5.80. The van der Waals surface area contributed by atoms with Crippen molar-refractivity contribution in [3.63, 3.8) is 0 Å². The van der Waals surface area contributed by atoms with Gasteiger partial charge in [0.1, 0.15) is 5.82 Å². The van der Waals surface area contributed by atoms with Crippen LogP contribution >= 0.6 is 0 Å². The van der Waals surface area contributed by atoms with Gasteiger partial charge in [-0.05, 0) is 60.2 Å². The molecule has 3 aromatic carbocycles. The first-order chi connectivity index (χ1) is 16.3. The minimum Gasteiger partial charge on any atom is -0.347 e. The van der Waals surface area contributed by atoms with Crippen molar-refractivity contribution in [3.05, 3.63) is 108 Å². The third-order valence-corrected chi connectivity index (χ3v) is 6.86. The van der Waals surface area contributed by atoms with Crippen LogP contribution in [0.2, 0.25) is 0 Å². The quantitative estimate of drug-likeness (QED) is 0.312. The Morgan fingerprint density at radius 1 is 0.697 bits per heavy atom. The number of aryl methyl sites for hydroxylation is 1. The fourth-order valence-electron chi connectivity index (χ4n) is 5.10. The van der Waals surface area contributed by atoms with Gasteiger partial charge in [0, 0.05) is 38.9 Å². The van der Waals surface area contributed by atoms with E-state index in [9.17, 15) is 4.39 Å². The smallest absolute Gasteiger partial charge is 0.125 e. The van der Waals surface area contributed by atoms with Crippen molar-refractivity contribution in [2.45, 2.75) is 25.4 Å². The first-order valence-corrected chi connectivity index (χ1v) is 12.1. The van der Waals surface area contributed by atoms with Gasteiger partial charge < -0.3 is 9.47 Å². The Bertz CT molecular complexity index is 1110. The molecule has 0 aliphatic carbocycles. The van der Waals surface area contributed by atoms with E-state index in [0.717, 1.165) is 63.0 Å². The Morgan fingerprint density at radius 2 is 1.33 bits per heavy atom. The van der Waals surface area contributed by atoms with E-state index in [1.807, 2.05) is 6.07 Å². The van der Waals surface area contributed by atoms with Crippen molar-refractivity contribution in [3.8, 4) is 0 Å². The zero-order valence-corrected chi connectivity index (χ0v) is 19.1. The van der Waals surface area contributed by atoms with Crippen LogP contribution in [0.25, 0.3) is 10.9 Å². The van der Waals surface area contributed by atoms with Gasteiger partial charge >= 0.3 is 0 Å². The maximum Gasteiger partial charge on any atom is 0.125 e. The standard InChI is InChI=1S/C29H32FN3/c30-27-14-13-24-15-18-32(28(24)23-27)17-8-7-16-31-19-21-33(22-20-31)29(25-9-3-1-4-10-25)26-11-5-2-6-12-26/h1-6,9-15,18,23,29H,7-8,16-17,19-22H2. The lowest BCUT2D eigenvalue weighted by molar-refractivity contribution is 0.108. The lowest BCUT2D eigenvalue weighted by atomic mass is 9.96. The average molecular weight is 442 g/mol. The van der Waals surface area contributed by atoms with Crippen LogP contribution < -0.4 is 0 Å². The Kier molecular flexibility index (Phi) is 6.84. The molecule has 0 saturated carbocycles. The highest BCUT2D eigenvalue weighted by atomic mass is 19.1. The van der Waals surface area contributed by atoms with Crippen molar-refractivity contribution >= 4 is 10.9 Å². The maximum absolute atomic E-state index is 13.6. The Balaban J connectivity index is 1.14. The minimum absolute atomic E-state index is 0.162. The molecule has 4 heteroatoms. The molecule has 0 atom stereocenters. The van der Waals surface area contributed by atoms with Crippen molar-refractivity contribution in [1.29, 1.82) is 0 Å². The summed E-state index contributed by atoms with van der Waals surface area (Å²) in [4.78, 5) is 5.22. The molecular formula is C29H32FN3. The maximum atomic E-state index is 13.6. The van der Waals surface area contributed by atoms with E-state index >= 15 is 0 Å². The number of halogens is 1. The van der Waals surface area contributed by atoms with Crippen LogP contribution in [0.3, 0.4) is 0 Å². The molecule has 1 fully saturated rings. The molecule has 0 unspecified atom stereocenters. The lowest BCUT2D eigenvalue weighted by Crippen LogP contribution is -2.48. The molecule has 0 amide bonds. The zero-order chi connectivity index (χ0) is 22.5. The second kappa shape index (κ2) is 10.3. The number of hydrogen-bond donors (Lipinski definition) is 0. The number of hydrogen-bond acceptors (Lipinski definition) is 2. The molecule has 0 radical (unpaired) electrons. The van der Waals surface area contributed by atoms with Gasteiger partial charge in [-0.1, -0.05) is 60.7 Å². The summed E-state index contributed by atoms with van der Waals surface area (Å²) < 4.78 is 15.8. The lowest BCUT2D eigenvalue weighted by Gasteiger charge is -2.40. The summed E-state index contributed by atoms with van der Waals surface area (Å²) in [6.45, 7) is 6.44. The molecule has 170 valence electrons. The van der Waals surface area contributed by atoms with Gasteiger partial charge in [0.25, 0.3) is 0 Å². The molecule has 33 heavy (non-hydrogen) atoms. The number of fused-ring (bicyclic) bond motifs is 1. The van der Waals surface area contributed by atoms with Gasteiger partial charge in [-0.2, -0.15) is 0 Å². The molecule has 1 saturated heterocycles. The summed E-state index contributed by atoms with van der Waals surface area (Å²) in [7, 11) is 0. The van der Waals surface area contributed by atoms with Gasteiger partial charge in [-0.3, -0.25) is 4.90 Å². The van der Waals surface area contributed by atoms with E-state index in [4.69, 9.17) is 0 Å². The number of piperazine rings is 1. The van der Waals surface area contributed by atoms with Gasteiger partial charge in [0.2, 0.25) is 0 Å². The van der Waals surface area contributed by atoms with Crippen LogP contribution in [0.15, 0.2) is 91.1 Å². The topological polar surface area (TPSA) is 11.4 Å². The Hall–Kier alpha value is -2.95. The fraction of sp³-hybridized carbons (Fsp3) is 0.310. The molecule has 4 aromatic rings. The Labute approximate surface area is 196 Å².